The number of carbonyl (C=O) groups is 1. The van der Waals surface area contributed by atoms with Crippen molar-refractivity contribution >= 4 is 40.3 Å². The molecule has 0 unspecified atom stereocenters. The summed E-state index contributed by atoms with van der Waals surface area (Å²) in [5.41, 5.74) is 8.56. The molecule has 8 heteroatoms. The lowest BCUT2D eigenvalue weighted by Gasteiger charge is -2.14. The Morgan fingerprint density at radius 2 is 2.00 bits per heavy atom. The fourth-order valence-electron chi connectivity index (χ4n) is 2.49. The quantitative estimate of drug-likeness (QED) is 0.680. The highest BCUT2D eigenvalue weighted by molar-refractivity contribution is 5.89. The average Bonchev–Trinajstić information content (AvgIpc) is 2.84. The number of nitrogens with zero attached hydrogens (tertiary/aromatic N) is 4. The van der Waals surface area contributed by atoms with Gasteiger partial charge in [-0.25, -0.2) is 9.97 Å². The monoisotopic (exact) mass is 325 g/mol. The number of hydrogen-bond acceptors (Lipinski definition) is 6. The number of fused-ring (bicyclic) bond motifs is 1. The molecule has 0 saturated heterocycles. The molecule has 0 spiro atoms. The van der Waals surface area contributed by atoms with Gasteiger partial charge >= 0.3 is 0 Å². The van der Waals surface area contributed by atoms with Crippen LogP contribution in [0.2, 0.25) is 0 Å². The molecule has 0 saturated carbocycles. The highest BCUT2D eigenvalue weighted by atomic mass is 16.1. The summed E-state index contributed by atoms with van der Waals surface area (Å²) in [5, 5.41) is 6.03. The number of nitrogens with one attached hydrogen (secondary N) is 2. The van der Waals surface area contributed by atoms with E-state index in [4.69, 9.17) is 5.73 Å². The number of nitrogen functional groups attached to an aromatic ring is 1. The minimum absolute atomic E-state index is 0.118. The molecule has 24 heavy (non-hydrogen) atoms. The second-order valence-electron chi connectivity index (χ2n) is 5.72. The summed E-state index contributed by atoms with van der Waals surface area (Å²) in [4.78, 5) is 24.0. The molecule has 0 aliphatic rings. The second-order valence-corrected chi connectivity index (χ2v) is 5.72. The Labute approximate surface area is 139 Å². The zero-order valence-electron chi connectivity index (χ0n) is 13.7. The smallest absolute Gasteiger partial charge is 0.222 e. The van der Waals surface area contributed by atoms with Gasteiger partial charge in [-0.1, -0.05) is 6.07 Å². The van der Waals surface area contributed by atoms with Crippen LogP contribution in [0, 0.1) is 0 Å². The Balaban J connectivity index is 2.01. The van der Waals surface area contributed by atoms with Crippen LogP contribution >= 0.6 is 0 Å². The van der Waals surface area contributed by atoms with Crippen molar-refractivity contribution < 1.29 is 4.79 Å². The van der Waals surface area contributed by atoms with Crippen LogP contribution in [0.15, 0.2) is 30.5 Å². The van der Waals surface area contributed by atoms with Crippen LogP contribution in [0.4, 0.5) is 23.3 Å². The van der Waals surface area contributed by atoms with Gasteiger partial charge in [0.25, 0.3) is 0 Å². The van der Waals surface area contributed by atoms with Crippen LogP contribution < -0.4 is 16.4 Å². The minimum atomic E-state index is -0.118. The molecule has 3 aromatic rings. The van der Waals surface area contributed by atoms with E-state index in [2.05, 4.69) is 25.6 Å². The van der Waals surface area contributed by atoms with E-state index in [0.29, 0.717) is 22.8 Å². The normalized spacial score (nSPS) is 11.0. The van der Waals surface area contributed by atoms with Crippen molar-refractivity contribution in [1.82, 2.24) is 19.5 Å². The first kappa shape index (κ1) is 15.7. The van der Waals surface area contributed by atoms with Crippen LogP contribution in [-0.4, -0.2) is 25.4 Å². The van der Waals surface area contributed by atoms with E-state index < -0.39 is 0 Å². The average molecular weight is 325 g/mol. The minimum Gasteiger partial charge on any atom is -0.368 e. The summed E-state index contributed by atoms with van der Waals surface area (Å²) in [5.74, 6) is 0.732. The molecule has 1 amide bonds. The van der Waals surface area contributed by atoms with E-state index in [9.17, 15) is 4.79 Å². The van der Waals surface area contributed by atoms with Crippen LogP contribution in [0.3, 0.4) is 0 Å². The van der Waals surface area contributed by atoms with Gasteiger partial charge in [0.15, 0.2) is 5.65 Å². The topological polar surface area (TPSA) is 111 Å². The number of carbonyl (C=O) groups excluding carboxylic acids is 1. The number of anilines is 4. The molecule has 1 aromatic carbocycles. The van der Waals surface area contributed by atoms with Crippen LogP contribution in [0.5, 0.6) is 0 Å². The van der Waals surface area contributed by atoms with E-state index in [1.807, 2.05) is 42.7 Å². The molecule has 0 fully saturated rings. The standard InChI is InChI=1S/C16H19N7O/c1-9(2)23-14-13(8-18-15(17)22-14)21-16(23)20-12-6-4-5-11(7-12)19-10(3)24/h4-9H,1-3H3,(H,19,24)(H,20,21)(H2,17,18,22). The largest absolute Gasteiger partial charge is 0.368 e. The third-order valence-corrected chi connectivity index (χ3v) is 3.41. The van der Waals surface area contributed by atoms with E-state index in [1.165, 1.54) is 6.92 Å². The van der Waals surface area contributed by atoms with Gasteiger partial charge in [-0.15, -0.1) is 0 Å². The molecular weight excluding hydrogens is 306 g/mol. The lowest BCUT2D eigenvalue weighted by molar-refractivity contribution is -0.114. The number of benzene rings is 1. The van der Waals surface area contributed by atoms with Crippen molar-refractivity contribution in [3.8, 4) is 0 Å². The van der Waals surface area contributed by atoms with Gasteiger partial charge in [0.1, 0.15) is 5.52 Å². The summed E-state index contributed by atoms with van der Waals surface area (Å²) in [6, 6.07) is 7.55. The number of nitrogens with two attached hydrogens (primary N) is 1. The van der Waals surface area contributed by atoms with E-state index in [0.717, 1.165) is 5.69 Å². The first-order valence-electron chi connectivity index (χ1n) is 7.59. The molecular formula is C16H19N7O. The number of hydrogen-bond donors (Lipinski definition) is 3. The molecule has 0 bridgehead atoms. The molecule has 8 nitrogen and oxygen atoms in total. The van der Waals surface area contributed by atoms with Gasteiger partial charge in [0.05, 0.1) is 6.20 Å². The maximum Gasteiger partial charge on any atom is 0.222 e. The molecule has 0 aliphatic heterocycles. The molecule has 0 radical (unpaired) electrons. The summed E-state index contributed by atoms with van der Waals surface area (Å²) in [6.07, 6.45) is 1.61. The maximum absolute atomic E-state index is 11.2. The molecule has 0 atom stereocenters. The van der Waals surface area contributed by atoms with E-state index in [-0.39, 0.29) is 17.9 Å². The summed E-state index contributed by atoms with van der Waals surface area (Å²) >= 11 is 0. The van der Waals surface area contributed by atoms with E-state index in [1.54, 1.807) is 6.20 Å². The van der Waals surface area contributed by atoms with Crippen molar-refractivity contribution in [2.75, 3.05) is 16.4 Å². The zero-order valence-corrected chi connectivity index (χ0v) is 13.7. The Morgan fingerprint density at radius 1 is 1.25 bits per heavy atom. The van der Waals surface area contributed by atoms with Gasteiger partial charge < -0.3 is 16.4 Å². The Kier molecular flexibility index (Phi) is 4.03. The van der Waals surface area contributed by atoms with E-state index >= 15 is 0 Å². The highest BCUT2D eigenvalue weighted by Gasteiger charge is 2.15. The lowest BCUT2D eigenvalue weighted by Crippen LogP contribution is -2.08. The number of aromatic nitrogens is 4. The fourth-order valence-corrected chi connectivity index (χ4v) is 2.49. The maximum atomic E-state index is 11.2. The van der Waals surface area contributed by atoms with Crippen molar-refractivity contribution in [3.63, 3.8) is 0 Å². The van der Waals surface area contributed by atoms with Gasteiger partial charge in [-0.2, -0.15) is 4.98 Å². The second kappa shape index (κ2) is 6.15. The van der Waals surface area contributed by atoms with Gasteiger partial charge in [0, 0.05) is 24.3 Å². The zero-order chi connectivity index (χ0) is 17.3. The van der Waals surface area contributed by atoms with Crippen molar-refractivity contribution in [2.24, 2.45) is 0 Å². The van der Waals surface area contributed by atoms with Crippen molar-refractivity contribution in [2.45, 2.75) is 26.8 Å². The van der Waals surface area contributed by atoms with Gasteiger partial charge in [-0.3, -0.25) is 9.36 Å². The summed E-state index contributed by atoms with van der Waals surface area (Å²) in [6.45, 7) is 5.55. The van der Waals surface area contributed by atoms with Crippen LogP contribution in [-0.2, 0) is 4.79 Å². The predicted molar refractivity (Wildman–Crippen MR) is 94.1 cm³/mol. The Bertz CT molecular complexity index is 901. The van der Waals surface area contributed by atoms with Gasteiger partial charge in [-0.05, 0) is 32.0 Å². The van der Waals surface area contributed by atoms with Gasteiger partial charge in [0.2, 0.25) is 17.8 Å². The third kappa shape index (κ3) is 3.12. The first-order chi connectivity index (χ1) is 11.4. The first-order valence-corrected chi connectivity index (χ1v) is 7.59. The fraction of sp³-hybridized carbons (Fsp3) is 0.250. The summed E-state index contributed by atoms with van der Waals surface area (Å²) in [7, 11) is 0. The molecule has 3 rings (SSSR count). The predicted octanol–water partition coefficient (Wildman–Crippen LogP) is 2.69. The third-order valence-electron chi connectivity index (χ3n) is 3.41. The van der Waals surface area contributed by atoms with Crippen LogP contribution in [0.1, 0.15) is 26.8 Å². The molecule has 0 aliphatic carbocycles. The SMILES string of the molecule is CC(=O)Nc1cccc(Nc2nc3cnc(N)nc3n2C(C)C)c1. The number of amides is 1. The molecule has 124 valence electrons. The molecule has 2 heterocycles. The number of rotatable bonds is 4. The summed E-state index contributed by atoms with van der Waals surface area (Å²) < 4.78 is 1.96. The Morgan fingerprint density at radius 3 is 2.71 bits per heavy atom. The van der Waals surface area contributed by atoms with Crippen LogP contribution in [0.25, 0.3) is 11.2 Å². The Hall–Kier alpha value is -3.16. The number of imidazole rings is 1. The highest BCUT2D eigenvalue weighted by Crippen LogP contribution is 2.26. The molecule has 2 aromatic heterocycles. The lowest BCUT2D eigenvalue weighted by atomic mass is 10.2. The molecule has 4 N–H and O–H groups in total. The van der Waals surface area contributed by atoms with Crippen molar-refractivity contribution in [1.29, 1.82) is 0 Å². The van der Waals surface area contributed by atoms with Crippen molar-refractivity contribution in [3.05, 3.63) is 30.5 Å².